The van der Waals surface area contributed by atoms with Crippen molar-refractivity contribution in [2.45, 2.75) is 36.4 Å². The van der Waals surface area contributed by atoms with Gasteiger partial charge < -0.3 is 4.90 Å². The maximum Gasteiger partial charge on any atom is 0.155 e. The molecule has 0 aliphatic rings. The van der Waals surface area contributed by atoms with Crippen LogP contribution in [-0.2, 0) is 6.54 Å². The number of rotatable bonds is 6. The SMILES string of the molecule is Cc1c(-c2cc(Sc3ncccc3F)c3c(C#N)cnn3c2)cnn1CC(C)N(C)C. The molecule has 0 aromatic carbocycles. The van der Waals surface area contributed by atoms with E-state index in [1.165, 1.54) is 24.0 Å². The molecule has 0 radical (unpaired) electrons. The molecular weight excluding hydrogens is 413 g/mol. The number of fused-ring (bicyclic) bond motifs is 1. The topological polar surface area (TPSA) is 75.0 Å². The molecule has 4 aromatic rings. The van der Waals surface area contributed by atoms with Crippen LogP contribution >= 0.6 is 11.8 Å². The Kier molecular flexibility index (Phi) is 5.76. The van der Waals surface area contributed by atoms with Gasteiger partial charge in [0, 0.05) is 40.2 Å². The standard InChI is InChI=1S/C22H22FN7S/c1-14(28(3)4)12-29-15(2)18(11-27-29)16-8-20(31-22-19(23)6-5-7-25-22)21-17(9-24)10-26-30(21)13-16/h5-8,10-11,13-14H,12H2,1-4H3. The number of hydrogen-bond donors (Lipinski definition) is 0. The van der Waals surface area contributed by atoms with E-state index in [-0.39, 0.29) is 5.03 Å². The predicted octanol–water partition coefficient (Wildman–Crippen LogP) is 4.01. The first-order chi connectivity index (χ1) is 14.9. The molecule has 7 nitrogen and oxygen atoms in total. The number of pyridine rings is 2. The molecule has 1 atom stereocenters. The van der Waals surface area contributed by atoms with E-state index in [0.717, 1.165) is 23.4 Å². The highest BCUT2D eigenvalue weighted by molar-refractivity contribution is 7.99. The van der Waals surface area contributed by atoms with E-state index >= 15 is 0 Å². The Balaban J connectivity index is 1.81. The van der Waals surface area contributed by atoms with Gasteiger partial charge in [0.25, 0.3) is 0 Å². The summed E-state index contributed by atoms with van der Waals surface area (Å²) < 4.78 is 17.9. The number of nitriles is 1. The Hall–Kier alpha value is -3.22. The largest absolute Gasteiger partial charge is 0.305 e. The molecule has 158 valence electrons. The molecule has 0 saturated heterocycles. The van der Waals surface area contributed by atoms with Gasteiger partial charge in [-0.05, 0) is 46.1 Å². The van der Waals surface area contributed by atoms with E-state index in [1.807, 2.05) is 44.2 Å². The van der Waals surface area contributed by atoms with Gasteiger partial charge in [0.15, 0.2) is 5.82 Å². The van der Waals surface area contributed by atoms with Crippen molar-refractivity contribution < 1.29 is 4.39 Å². The maximum atomic E-state index is 14.3. The third kappa shape index (κ3) is 4.04. The molecule has 0 aliphatic carbocycles. The smallest absolute Gasteiger partial charge is 0.155 e. The molecule has 31 heavy (non-hydrogen) atoms. The lowest BCUT2D eigenvalue weighted by Crippen LogP contribution is -2.29. The normalized spacial score (nSPS) is 12.4. The van der Waals surface area contributed by atoms with Gasteiger partial charge >= 0.3 is 0 Å². The molecule has 0 aliphatic heterocycles. The fraction of sp³-hybridized carbons (Fsp3) is 0.273. The summed E-state index contributed by atoms with van der Waals surface area (Å²) in [6.07, 6.45) is 6.78. The molecule has 4 rings (SSSR count). The Morgan fingerprint density at radius 3 is 2.81 bits per heavy atom. The first-order valence-electron chi connectivity index (χ1n) is 9.78. The third-order valence-electron chi connectivity index (χ3n) is 5.36. The van der Waals surface area contributed by atoms with Crippen LogP contribution in [0.3, 0.4) is 0 Å². The zero-order chi connectivity index (χ0) is 22.1. The lowest BCUT2D eigenvalue weighted by Gasteiger charge is -2.20. The number of aromatic nitrogens is 5. The van der Waals surface area contributed by atoms with Crippen molar-refractivity contribution in [1.29, 1.82) is 5.26 Å². The van der Waals surface area contributed by atoms with Crippen molar-refractivity contribution in [1.82, 2.24) is 29.3 Å². The molecule has 0 fully saturated rings. The lowest BCUT2D eigenvalue weighted by atomic mass is 10.1. The van der Waals surface area contributed by atoms with Crippen molar-refractivity contribution in [3.05, 3.63) is 60.1 Å². The Bertz CT molecular complexity index is 1280. The molecular formula is C22H22FN7S. The third-order valence-corrected chi connectivity index (χ3v) is 6.39. The van der Waals surface area contributed by atoms with Gasteiger partial charge in [-0.25, -0.2) is 13.9 Å². The molecule has 0 saturated carbocycles. The van der Waals surface area contributed by atoms with Gasteiger partial charge in [-0.3, -0.25) is 4.68 Å². The van der Waals surface area contributed by atoms with Gasteiger partial charge in [-0.2, -0.15) is 15.5 Å². The van der Waals surface area contributed by atoms with Crippen LogP contribution in [0.15, 0.2) is 52.9 Å². The second kappa shape index (κ2) is 8.49. The summed E-state index contributed by atoms with van der Waals surface area (Å²) in [4.78, 5) is 7.00. The second-order valence-electron chi connectivity index (χ2n) is 7.59. The molecule has 1 unspecified atom stereocenters. The van der Waals surface area contributed by atoms with E-state index in [0.29, 0.717) is 22.0 Å². The van der Waals surface area contributed by atoms with Crippen LogP contribution in [0.5, 0.6) is 0 Å². The first-order valence-corrected chi connectivity index (χ1v) is 10.6. The number of likely N-dealkylation sites (N-methyl/N-ethyl adjacent to an activating group) is 1. The fourth-order valence-corrected chi connectivity index (χ4v) is 4.24. The number of halogens is 1. The van der Waals surface area contributed by atoms with E-state index in [9.17, 15) is 9.65 Å². The quantitative estimate of drug-likeness (QED) is 0.456. The summed E-state index contributed by atoms with van der Waals surface area (Å²) >= 11 is 1.18. The summed E-state index contributed by atoms with van der Waals surface area (Å²) in [5, 5.41) is 18.7. The zero-order valence-electron chi connectivity index (χ0n) is 17.7. The molecule has 9 heteroatoms. The van der Waals surface area contributed by atoms with Gasteiger partial charge in [-0.15, -0.1) is 0 Å². The van der Waals surface area contributed by atoms with Crippen LogP contribution in [0.25, 0.3) is 16.6 Å². The van der Waals surface area contributed by atoms with E-state index in [1.54, 1.807) is 16.8 Å². The summed E-state index contributed by atoms with van der Waals surface area (Å²) in [5.74, 6) is -0.407. The molecule has 4 aromatic heterocycles. The molecule has 0 spiro atoms. The van der Waals surface area contributed by atoms with Crippen molar-refractivity contribution in [3.8, 4) is 17.2 Å². The van der Waals surface area contributed by atoms with Crippen molar-refractivity contribution in [2.24, 2.45) is 0 Å². The van der Waals surface area contributed by atoms with E-state index in [4.69, 9.17) is 0 Å². The molecule has 4 heterocycles. The highest BCUT2D eigenvalue weighted by Gasteiger charge is 2.18. The van der Waals surface area contributed by atoms with E-state index < -0.39 is 5.82 Å². The van der Waals surface area contributed by atoms with Crippen LogP contribution in [-0.4, -0.2) is 49.4 Å². The summed E-state index contributed by atoms with van der Waals surface area (Å²) in [5.41, 5.74) is 3.94. The average molecular weight is 436 g/mol. The monoisotopic (exact) mass is 435 g/mol. The Morgan fingerprint density at radius 2 is 2.10 bits per heavy atom. The minimum absolute atomic E-state index is 0.249. The van der Waals surface area contributed by atoms with Crippen LogP contribution in [0.4, 0.5) is 4.39 Å². The van der Waals surface area contributed by atoms with Gasteiger partial charge in [0.2, 0.25) is 0 Å². The minimum Gasteiger partial charge on any atom is -0.305 e. The van der Waals surface area contributed by atoms with Crippen molar-refractivity contribution >= 4 is 17.3 Å². The van der Waals surface area contributed by atoms with Crippen LogP contribution in [0.1, 0.15) is 18.2 Å². The number of nitrogens with zero attached hydrogens (tertiary/aromatic N) is 7. The Labute approximate surface area is 184 Å². The minimum atomic E-state index is -0.407. The van der Waals surface area contributed by atoms with Crippen LogP contribution < -0.4 is 0 Å². The second-order valence-corrected chi connectivity index (χ2v) is 8.62. The van der Waals surface area contributed by atoms with Crippen molar-refractivity contribution in [3.63, 3.8) is 0 Å². The first kappa shape index (κ1) is 21.0. The van der Waals surface area contributed by atoms with Gasteiger partial charge in [-0.1, -0.05) is 11.8 Å². The van der Waals surface area contributed by atoms with Gasteiger partial charge in [0.05, 0.1) is 30.0 Å². The van der Waals surface area contributed by atoms with Crippen molar-refractivity contribution in [2.75, 3.05) is 14.1 Å². The Morgan fingerprint density at radius 1 is 1.29 bits per heavy atom. The summed E-state index contributed by atoms with van der Waals surface area (Å²) in [6.45, 7) is 4.95. The number of hydrogen-bond acceptors (Lipinski definition) is 6. The highest BCUT2D eigenvalue weighted by Crippen LogP contribution is 2.36. The average Bonchev–Trinajstić information content (AvgIpc) is 3.33. The van der Waals surface area contributed by atoms with Crippen LogP contribution in [0.2, 0.25) is 0 Å². The fourth-order valence-electron chi connectivity index (χ4n) is 3.27. The zero-order valence-corrected chi connectivity index (χ0v) is 18.6. The summed E-state index contributed by atoms with van der Waals surface area (Å²) in [6, 6.07) is 7.37. The molecule has 0 bridgehead atoms. The summed E-state index contributed by atoms with van der Waals surface area (Å²) in [7, 11) is 4.09. The van der Waals surface area contributed by atoms with Crippen LogP contribution in [0, 0.1) is 24.1 Å². The highest BCUT2D eigenvalue weighted by atomic mass is 32.2. The molecule has 0 N–H and O–H groups in total. The maximum absolute atomic E-state index is 14.3. The lowest BCUT2D eigenvalue weighted by molar-refractivity contribution is 0.274. The van der Waals surface area contributed by atoms with Gasteiger partial charge in [0.1, 0.15) is 11.1 Å². The molecule has 0 amide bonds. The van der Waals surface area contributed by atoms with E-state index in [2.05, 4.69) is 33.1 Å². The predicted molar refractivity (Wildman–Crippen MR) is 117 cm³/mol.